The Hall–Kier alpha value is -2.12. The summed E-state index contributed by atoms with van der Waals surface area (Å²) in [4.78, 5) is 35.0. The maximum absolute atomic E-state index is 12.9. The lowest BCUT2D eigenvalue weighted by atomic mass is 9.96. The van der Waals surface area contributed by atoms with Crippen molar-refractivity contribution >= 4 is 30.2 Å². The second-order valence-corrected chi connectivity index (χ2v) is 8.49. The SMILES string of the molecule is C=O.CC1CO1.COc1ccc(Cl)cc1C(=O)N1CCCC(C(=O)NCCC(C)C)C1. The molecular weight excluding hydrogens is 420 g/mol. The van der Waals surface area contributed by atoms with E-state index in [1.54, 1.807) is 23.1 Å². The smallest absolute Gasteiger partial charge is 0.257 e. The summed E-state index contributed by atoms with van der Waals surface area (Å²) < 4.78 is 9.98. The topological polar surface area (TPSA) is 88.2 Å². The van der Waals surface area contributed by atoms with Crippen LogP contribution in [-0.4, -0.2) is 63.0 Å². The molecule has 8 heteroatoms. The molecule has 2 aliphatic heterocycles. The van der Waals surface area contributed by atoms with Crippen molar-refractivity contribution in [1.82, 2.24) is 10.2 Å². The highest BCUT2D eigenvalue weighted by Gasteiger charge is 2.30. The van der Waals surface area contributed by atoms with Gasteiger partial charge in [-0.2, -0.15) is 0 Å². The van der Waals surface area contributed by atoms with Crippen molar-refractivity contribution in [3.8, 4) is 5.75 Å². The summed E-state index contributed by atoms with van der Waals surface area (Å²) in [6, 6.07) is 5.00. The molecule has 31 heavy (non-hydrogen) atoms. The number of ether oxygens (including phenoxy) is 2. The molecule has 2 unspecified atom stereocenters. The van der Waals surface area contributed by atoms with E-state index in [1.165, 1.54) is 7.11 Å². The zero-order valence-corrected chi connectivity index (χ0v) is 19.7. The Morgan fingerprint density at radius 1 is 1.35 bits per heavy atom. The zero-order valence-electron chi connectivity index (χ0n) is 19.0. The number of carbonyl (C=O) groups excluding carboxylic acids is 3. The highest BCUT2D eigenvalue weighted by Crippen LogP contribution is 2.26. The third-order valence-electron chi connectivity index (χ3n) is 4.99. The van der Waals surface area contributed by atoms with Gasteiger partial charge in [0.1, 0.15) is 12.5 Å². The molecule has 1 aromatic carbocycles. The lowest BCUT2D eigenvalue weighted by Crippen LogP contribution is -2.45. The molecule has 1 N–H and O–H groups in total. The number of benzene rings is 1. The lowest BCUT2D eigenvalue weighted by molar-refractivity contribution is -0.126. The number of hydrogen-bond donors (Lipinski definition) is 1. The Kier molecular flexibility index (Phi) is 12.2. The summed E-state index contributed by atoms with van der Waals surface area (Å²) >= 11 is 6.03. The molecule has 2 atom stereocenters. The van der Waals surface area contributed by atoms with Crippen molar-refractivity contribution in [1.29, 1.82) is 0 Å². The van der Waals surface area contributed by atoms with Gasteiger partial charge in [0.2, 0.25) is 5.91 Å². The predicted molar refractivity (Wildman–Crippen MR) is 122 cm³/mol. The van der Waals surface area contributed by atoms with E-state index in [1.807, 2.05) is 6.79 Å². The number of likely N-dealkylation sites (tertiary alicyclic amines) is 1. The normalized spacial score (nSPS) is 19.4. The van der Waals surface area contributed by atoms with Gasteiger partial charge in [0.25, 0.3) is 5.91 Å². The summed E-state index contributed by atoms with van der Waals surface area (Å²) in [5.41, 5.74) is 0.441. The van der Waals surface area contributed by atoms with Gasteiger partial charge in [0, 0.05) is 24.7 Å². The van der Waals surface area contributed by atoms with Gasteiger partial charge in [-0.05, 0) is 50.3 Å². The molecule has 7 nitrogen and oxygen atoms in total. The Labute approximate surface area is 190 Å². The van der Waals surface area contributed by atoms with Gasteiger partial charge in [-0.15, -0.1) is 0 Å². The number of amides is 2. The molecule has 2 saturated heterocycles. The van der Waals surface area contributed by atoms with Crippen LogP contribution < -0.4 is 10.1 Å². The maximum Gasteiger partial charge on any atom is 0.257 e. The molecule has 0 bridgehead atoms. The second kappa shape index (κ2) is 14.0. The van der Waals surface area contributed by atoms with E-state index in [0.29, 0.717) is 48.0 Å². The summed E-state index contributed by atoms with van der Waals surface area (Å²) in [7, 11) is 1.53. The van der Waals surface area contributed by atoms with Crippen LogP contribution in [0.2, 0.25) is 5.02 Å². The lowest BCUT2D eigenvalue weighted by Gasteiger charge is -2.32. The highest BCUT2D eigenvalue weighted by atomic mass is 35.5. The standard InChI is InChI=1S/C19H27ClN2O3.C3H6O.CH2O/c1-13(2)8-9-21-18(23)14-5-4-10-22(12-14)19(24)16-11-15(20)6-7-17(16)25-3;1-3-2-4-3;1-2/h6-7,11,13-14H,4-5,8-10,12H2,1-3H3,(H,21,23);3H,2H2,1H3;1H2. The molecule has 2 heterocycles. The van der Waals surface area contributed by atoms with E-state index in [-0.39, 0.29) is 17.7 Å². The number of nitrogens with one attached hydrogen (secondary N) is 1. The molecule has 0 spiro atoms. The Morgan fingerprint density at radius 2 is 2.00 bits per heavy atom. The first-order valence-electron chi connectivity index (χ1n) is 10.6. The Bertz CT molecular complexity index is 709. The van der Waals surface area contributed by atoms with Crippen LogP contribution in [-0.2, 0) is 14.3 Å². The van der Waals surface area contributed by atoms with E-state index in [2.05, 4.69) is 26.1 Å². The van der Waals surface area contributed by atoms with E-state index in [4.69, 9.17) is 25.9 Å². The highest BCUT2D eigenvalue weighted by molar-refractivity contribution is 6.31. The number of methoxy groups -OCH3 is 1. The number of nitrogens with zero attached hydrogens (tertiary/aromatic N) is 1. The largest absolute Gasteiger partial charge is 0.496 e. The van der Waals surface area contributed by atoms with Crippen LogP contribution in [0.25, 0.3) is 0 Å². The van der Waals surface area contributed by atoms with Gasteiger partial charge in [-0.3, -0.25) is 9.59 Å². The van der Waals surface area contributed by atoms with Gasteiger partial charge in [0.05, 0.1) is 31.3 Å². The quantitative estimate of drug-likeness (QED) is 0.663. The van der Waals surface area contributed by atoms with Crippen LogP contribution in [0.4, 0.5) is 0 Å². The van der Waals surface area contributed by atoms with Crippen LogP contribution in [0.15, 0.2) is 18.2 Å². The van der Waals surface area contributed by atoms with Crippen LogP contribution in [0.3, 0.4) is 0 Å². The van der Waals surface area contributed by atoms with Crippen molar-refractivity contribution in [2.24, 2.45) is 11.8 Å². The number of halogens is 1. The number of rotatable bonds is 6. The third kappa shape index (κ3) is 9.70. The van der Waals surface area contributed by atoms with E-state index < -0.39 is 0 Å². The van der Waals surface area contributed by atoms with Crippen molar-refractivity contribution in [3.05, 3.63) is 28.8 Å². The summed E-state index contributed by atoms with van der Waals surface area (Å²) in [6.45, 7) is 11.1. The molecule has 0 saturated carbocycles. The van der Waals surface area contributed by atoms with Crippen LogP contribution in [0.5, 0.6) is 5.75 Å². The molecule has 174 valence electrons. The maximum atomic E-state index is 12.9. The monoisotopic (exact) mass is 454 g/mol. The first kappa shape index (κ1) is 26.9. The van der Waals surface area contributed by atoms with Crippen molar-refractivity contribution in [3.63, 3.8) is 0 Å². The van der Waals surface area contributed by atoms with Crippen LogP contribution in [0, 0.1) is 11.8 Å². The Balaban J connectivity index is 0.000000700. The van der Waals surface area contributed by atoms with Gasteiger partial charge < -0.3 is 24.5 Å². The zero-order chi connectivity index (χ0) is 23.4. The fraction of sp³-hybridized carbons (Fsp3) is 0.609. The van der Waals surface area contributed by atoms with E-state index in [9.17, 15) is 9.59 Å². The van der Waals surface area contributed by atoms with Crippen molar-refractivity contribution < 1.29 is 23.9 Å². The average Bonchev–Trinajstić information content (AvgIpc) is 3.56. The number of hydrogen-bond acceptors (Lipinski definition) is 5. The summed E-state index contributed by atoms with van der Waals surface area (Å²) in [5, 5.41) is 3.48. The van der Waals surface area contributed by atoms with Gasteiger partial charge in [0.15, 0.2) is 0 Å². The first-order valence-corrected chi connectivity index (χ1v) is 11.0. The molecule has 2 fully saturated rings. The molecule has 0 aliphatic carbocycles. The summed E-state index contributed by atoms with van der Waals surface area (Å²) in [5.74, 6) is 0.795. The van der Waals surface area contributed by atoms with Gasteiger partial charge in [-0.25, -0.2) is 0 Å². The van der Waals surface area contributed by atoms with Crippen LogP contribution in [0.1, 0.15) is 50.4 Å². The minimum absolute atomic E-state index is 0.0382. The summed E-state index contributed by atoms with van der Waals surface area (Å²) in [6.07, 6.45) is 3.17. The first-order chi connectivity index (χ1) is 14.8. The predicted octanol–water partition coefficient (Wildman–Crippen LogP) is 3.58. The molecule has 2 aliphatic rings. The number of piperidine rings is 1. The minimum atomic E-state index is -0.157. The van der Waals surface area contributed by atoms with E-state index in [0.717, 1.165) is 25.9 Å². The molecular formula is C23H35ClN2O5. The van der Waals surface area contributed by atoms with Crippen molar-refractivity contribution in [2.45, 2.75) is 46.1 Å². The van der Waals surface area contributed by atoms with Crippen molar-refractivity contribution in [2.75, 3.05) is 33.4 Å². The van der Waals surface area contributed by atoms with E-state index >= 15 is 0 Å². The fourth-order valence-electron chi connectivity index (χ4n) is 3.12. The Morgan fingerprint density at radius 3 is 2.55 bits per heavy atom. The second-order valence-electron chi connectivity index (χ2n) is 8.05. The molecule has 0 aromatic heterocycles. The minimum Gasteiger partial charge on any atom is -0.496 e. The molecule has 0 radical (unpaired) electrons. The number of carbonyl (C=O) groups is 3. The third-order valence-corrected chi connectivity index (χ3v) is 5.23. The fourth-order valence-corrected chi connectivity index (χ4v) is 3.29. The van der Waals surface area contributed by atoms with Crippen LogP contribution >= 0.6 is 11.6 Å². The molecule has 3 rings (SSSR count). The molecule has 1 aromatic rings. The average molecular weight is 455 g/mol. The van der Waals surface area contributed by atoms with Gasteiger partial charge >= 0.3 is 0 Å². The molecule has 2 amide bonds. The number of epoxide rings is 1. The van der Waals surface area contributed by atoms with Gasteiger partial charge in [-0.1, -0.05) is 25.4 Å².